The lowest BCUT2D eigenvalue weighted by atomic mass is 9.90. The number of anilines is 1. The van der Waals surface area contributed by atoms with E-state index in [4.69, 9.17) is 58.0 Å². The predicted molar refractivity (Wildman–Crippen MR) is 122 cm³/mol. The molecule has 1 N–H and O–H groups in total. The molecule has 2 aromatic rings. The molecule has 10 heteroatoms. The van der Waals surface area contributed by atoms with Crippen molar-refractivity contribution in [3.63, 3.8) is 0 Å². The van der Waals surface area contributed by atoms with Crippen LogP contribution in [0.1, 0.15) is 32.5 Å². The van der Waals surface area contributed by atoms with E-state index in [0.717, 1.165) is 32.5 Å². The van der Waals surface area contributed by atoms with Crippen molar-refractivity contribution in [3.8, 4) is 11.4 Å². The molecule has 1 unspecified atom stereocenters. The molecule has 0 bridgehead atoms. The van der Waals surface area contributed by atoms with Crippen LogP contribution < -0.4 is 5.32 Å². The Morgan fingerprint density at radius 2 is 1.79 bits per heavy atom. The fourth-order valence-corrected chi connectivity index (χ4v) is 3.97. The highest BCUT2D eigenvalue weighted by Crippen LogP contribution is 2.37. The monoisotopic (exact) mass is 495 g/mol. The first-order chi connectivity index (χ1) is 13.7. The maximum Gasteiger partial charge on any atom is 0.250 e. The van der Waals surface area contributed by atoms with Gasteiger partial charge in [-0.05, 0) is 63.5 Å². The third-order valence-electron chi connectivity index (χ3n) is 5.21. The topological polar surface area (TPSA) is 53.9 Å². The van der Waals surface area contributed by atoms with Crippen molar-refractivity contribution in [3.05, 3.63) is 34.1 Å². The smallest absolute Gasteiger partial charge is 0.250 e. The average molecular weight is 498 g/mol. The summed E-state index contributed by atoms with van der Waals surface area (Å²) >= 11 is 30.3. The van der Waals surface area contributed by atoms with Gasteiger partial charge in [0.25, 0.3) is 0 Å². The third kappa shape index (κ3) is 5.99. The maximum atomic E-state index is 6.14. The first kappa shape index (κ1) is 23.1. The number of benzene rings is 1. The number of hydrogen-bond acceptors (Lipinski definition) is 5. The largest absolute Gasteiger partial charge is 0.351 e. The lowest BCUT2D eigenvalue weighted by molar-refractivity contribution is 0.183. The molecule has 1 aliphatic heterocycles. The van der Waals surface area contributed by atoms with E-state index in [1.807, 2.05) is 0 Å². The molecule has 1 aliphatic rings. The van der Waals surface area contributed by atoms with Crippen LogP contribution in [0.5, 0.6) is 0 Å². The van der Waals surface area contributed by atoms with Gasteiger partial charge in [-0.1, -0.05) is 64.9 Å². The summed E-state index contributed by atoms with van der Waals surface area (Å²) in [7, 11) is 0. The number of aromatic nitrogens is 3. The minimum absolute atomic E-state index is 0.0501. The highest BCUT2D eigenvalue weighted by molar-refractivity contribution is 6.66. The zero-order valence-electron chi connectivity index (χ0n) is 16.1. The molecule has 1 fully saturated rings. The van der Waals surface area contributed by atoms with Crippen LogP contribution in [0.15, 0.2) is 18.2 Å². The molecule has 0 radical (unpaired) electrons. The Hall–Kier alpha value is -0.560. The number of alkyl halides is 3. The van der Waals surface area contributed by atoms with Gasteiger partial charge < -0.3 is 10.2 Å². The summed E-state index contributed by atoms with van der Waals surface area (Å²) in [6.45, 7) is 7.60. The van der Waals surface area contributed by atoms with Gasteiger partial charge in [-0.2, -0.15) is 9.97 Å². The van der Waals surface area contributed by atoms with Crippen molar-refractivity contribution >= 4 is 64.0 Å². The Balaban J connectivity index is 1.87. The van der Waals surface area contributed by atoms with E-state index in [0.29, 0.717) is 33.3 Å². The van der Waals surface area contributed by atoms with Crippen molar-refractivity contribution < 1.29 is 0 Å². The van der Waals surface area contributed by atoms with Crippen LogP contribution in [0.25, 0.3) is 11.4 Å². The lowest BCUT2D eigenvalue weighted by Crippen LogP contribution is -2.39. The van der Waals surface area contributed by atoms with Crippen LogP contribution in [0.2, 0.25) is 10.0 Å². The quantitative estimate of drug-likeness (QED) is 0.498. The lowest BCUT2D eigenvalue weighted by Gasteiger charge is -2.34. The molecule has 2 heterocycles. The minimum atomic E-state index is -1.78. The van der Waals surface area contributed by atoms with Crippen LogP contribution in [-0.4, -0.2) is 45.5 Å². The Labute approximate surface area is 196 Å². The van der Waals surface area contributed by atoms with Gasteiger partial charge in [0.05, 0.1) is 10.0 Å². The molecule has 1 saturated heterocycles. The highest BCUT2D eigenvalue weighted by atomic mass is 35.6. The van der Waals surface area contributed by atoms with E-state index in [2.05, 4.69) is 39.0 Å². The van der Waals surface area contributed by atoms with Crippen LogP contribution in [0.4, 0.5) is 5.95 Å². The summed E-state index contributed by atoms with van der Waals surface area (Å²) in [6, 6.07) is 5.28. The van der Waals surface area contributed by atoms with Crippen LogP contribution in [0, 0.1) is 5.92 Å². The van der Waals surface area contributed by atoms with E-state index >= 15 is 0 Å². The van der Waals surface area contributed by atoms with Gasteiger partial charge in [-0.25, -0.2) is 4.98 Å². The average Bonchev–Trinajstić information content (AvgIpc) is 2.69. The van der Waals surface area contributed by atoms with Crippen LogP contribution >= 0.6 is 58.0 Å². The van der Waals surface area contributed by atoms with Gasteiger partial charge in [0.1, 0.15) is 0 Å². The molecule has 29 heavy (non-hydrogen) atoms. The summed E-state index contributed by atoms with van der Waals surface area (Å²) in [6.07, 6.45) is 2.23. The Kier molecular flexibility index (Phi) is 7.74. The van der Waals surface area contributed by atoms with E-state index in [1.54, 1.807) is 18.2 Å². The predicted octanol–water partition coefficient (Wildman–Crippen LogP) is 6.20. The number of rotatable bonds is 5. The minimum Gasteiger partial charge on any atom is -0.351 e. The standard InChI is InChI=1S/C19H22Cl5N5/c1-3-29-8-6-12(7-9-29)11(2)25-18-27-16(26-17(28-18)19(22,23)24)13-4-5-14(20)15(21)10-13/h4-5,10-12H,3,6-9H2,1-2H3,(H,25,26,27,28). The van der Waals surface area contributed by atoms with E-state index in [1.165, 1.54) is 0 Å². The van der Waals surface area contributed by atoms with Gasteiger partial charge in [0.15, 0.2) is 11.6 Å². The van der Waals surface area contributed by atoms with E-state index in [-0.39, 0.29) is 11.9 Å². The Morgan fingerprint density at radius 3 is 2.38 bits per heavy atom. The molecule has 1 aromatic carbocycles. The van der Waals surface area contributed by atoms with Gasteiger partial charge in [0.2, 0.25) is 9.74 Å². The first-order valence-electron chi connectivity index (χ1n) is 9.45. The van der Waals surface area contributed by atoms with E-state index in [9.17, 15) is 0 Å². The molecule has 5 nitrogen and oxygen atoms in total. The second kappa shape index (κ2) is 9.71. The summed E-state index contributed by atoms with van der Waals surface area (Å²) < 4.78 is -1.78. The molecular weight excluding hydrogens is 476 g/mol. The molecule has 158 valence electrons. The number of likely N-dealkylation sites (tertiary alicyclic amines) is 1. The van der Waals surface area contributed by atoms with Crippen LogP contribution in [-0.2, 0) is 3.79 Å². The van der Waals surface area contributed by atoms with E-state index < -0.39 is 3.79 Å². The molecule has 0 aliphatic carbocycles. The first-order valence-corrected chi connectivity index (χ1v) is 11.3. The number of hydrogen-bond donors (Lipinski definition) is 1. The van der Waals surface area contributed by atoms with Gasteiger partial charge in [-0.3, -0.25) is 0 Å². The Bertz CT molecular complexity index is 849. The number of halogens is 5. The molecular formula is C19H22Cl5N5. The number of nitrogens with one attached hydrogen (secondary N) is 1. The molecule has 0 saturated carbocycles. The summed E-state index contributed by atoms with van der Waals surface area (Å²) in [5.74, 6) is 1.29. The maximum absolute atomic E-state index is 6.14. The fraction of sp³-hybridized carbons (Fsp3) is 0.526. The highest BCUT2D eigenvalue weighted by Gasteiger charge is 2.30. The summed E-state index contributed by atoms with van der Waals surface area (Å²) in [4.78, 5) is 15.6. The number of nitrogens with zero attached hydrogens (tertiary/aromatic N) is 4. The number of piperidine rings is 1. The van der Waals surface area contributed by atoms with Gasteiger partial charge in [-0.15, -0.1) is 0 Å². The second-order valence-electron chi connectivity index (χ2n) is 7.14. The third-order valence-corrected chi connectivity index (χ3v) is 6.46. The fourth-order valence-electron chi connectivity index (χ4n) is 3.42. The zero-order valence-corrected chi connectivity index (χ0v) is 19.9. The SMILES string of the molecule is CCN1CCC(C(C)Nc2nc(-c3ccc(Cl)c(Cl)c3)nc(C(Cl)(Cl)Cl)n2)CC1. The zero-order chi connectivity index (χ0) is 21.2. The summed E-state index contributed by atoms with van der Waals surface area (Å²) in [5, 5.41) is 4.21. The normalized spacial score (nSPS) is 17.3. The second-order valence-corrected chi connectivity index (χ2v) is 10.2. The van der Waals surface area contributed by atoms with Crippen molar-refractivity contribution in [2.24, 2.45) is 5.92 Å². The van der Waals surface area contributed by atoms with Crippen molar-refractivity contribution in [1.82, 2.24) is 19.9 Å². The van der Waals surface area contributed by atoms with Crippen LogP contribution in [0.3, 0.4) is 0 Å². The summed E-state index contributed by atoms with van der Waals surface area (Å²) in [5.41, 5.74) is 0.657. The molecule has 3 rings (SSSR count). The molecule has 0 amide bonds. The van der Waals surface area contributed by atoms with Gasteiger partial charge in [0, 0.05) is 11.6 Å². The molecule has 1 aromatic heterocycles. The van der Waals surface area contributed by atoms with Crippen molar-refractivity contribution in [1.29, 1.82) is 0 Å². The van der Waals surface area contributed by atoms with Crippen molar-refractivity contribution in [2.75, 3.05) is 25.0 Å². The Morgan fingerprint density at radius 1 is 1.10 bits per heavy atom. The van der Waals surface area contributed by atoms with Crippen molar-refractivity contribution in [2.45, 2.75) is 36.5 Å². The molecule has 0 spiro atoms. The van der Waals surface area contributed by atoms with Gasteiger partial charge >= 0.3 is 0 Å². The molecule has 1 atom stereocenters.